The molecule has 5 nitrogen and oxygen atoms in total. The third-order valence-corrected chi connectivity index (χ3v) is 4.23. The van der Waals surface area contributed by atoms with Crippen molar-refractivity contribution < 1.29 is 18.5 Å². The van der Waals surface area contributed by atoms with E-state index >= 15 is 0 Å². The Morgan fingerprint density at radius 2 is 1.65 bits per heavy atom. The molecule has 1 aromatic carbocycles. The van der Waals surface area contributed by atoms with Crippen LogP contribution in [0, 0.1) is 0 Å². The van der Waals surface area contributed by atoms with Gasteiger partial charge >= 0.3 is 7.60 Å². The molecule has 0 heterocycles. The minimum atomic E-state index is -3.18. The van der Waals surface area contributed by atoms with Gasteiger partial charge in [0.15, 0.2) is 0 Å². The van der Waals surface area contributed by atoms with Crippen LogP contribution in [0.5, 0.6) is 0 Å². The maximum absolute atomic E-state index is 12.4. The Hall–Kier alpha value is -0.710. The second kappa shape index (κ2) is 6.89. The molecule has 0 fully saturated rings. The molecule has 96 valence electrons. The summed E-state index contributed by atoms with van der Waals surface area (Å²) in [6.07, 6.45) is 0. The largest absolute Gasteiger partial charge is 0.361 e. The quantitative estimate of drug-likeness (QED) is 0.598. The van der Waals surface area contributed by atoms with Crippen LogP contribution in [0.15, 0.2) is 24.3 Å². The minimum absolute atomic E-state index is 0.313. The second-order valence-corrected chi connectivity index (χ2v) is 5.34. The lowest BCUT2D eigenvalue weighted by molar-refractivity contribution is 0.124. The Balaban J connectivity index is 2.91. The first-order valence-electron chi connectivity index (χ1n) is 5.46. The van der Waals surface area contributed by atoms with Crippen LogP contribution in [0.2, 0.25) is 0 Å². The third kappa shape index (κ3) is 3.91. The van der Waals surface area contributed by atoms with Gasteiger partial charge in [0.1, 0.15) is 0 Å². The Morgan fingerprint density at radius 3 is 2.06 bits per heavy atom. The van der Waals surface area contributed by atoms with Gasteiger partial charge in [0.25, 0.3) is 0 Å². The van der Waals surface area contributed by atoms with Crippen LogP contribution >= 0.6 is 7.60 Å². The highest BCUT2D eigenvalue weighted by atomic mass is 31.2. The molecule has 0 amide bonds. The normalized spacial score (nSPS) is 11.7. The molecule has 0 aromatic heterocycles. The van der Waals surface area contributed by atoms with Gasteiger partial charge in [-0.2, -0.15) is 0 Å². The predicted molar refractivity (Wildman–Crippen MR) is 65.9 cm³/mol. The lowest BCUT2D eigenvalue weighted by atomic mass is 10.2. The first-order chi connectivity index (χ1) is 8.16. The average molecular weight is 259 g/mol. The summed E-state index contributed by atoms with van der Waals surface area (Å²) in [7, 11) is -3.18. The average Bonchev–Trinajstić information content (AvgIpc) is 2.31. The lowest BCUT2D eigenvalue weighted by Gasteiger charge is -2.17. The molecule has 1 aromatic rings. The Bertz CT molecular complexity index is 370. The number of hydrogen-bond acceptors (Lipinski definition) is 5. The molecule has 0 aliphatic rings. The van der Waals surface area contributed by atoms with Crippen molar-refractivity contribution in [2.24, 2.45) is 5.90 Å². The predicted octanol–water partition coefficient (Wildman–Crippen LogP) is 1.97. The lowest BCUT2D eigenvalue weighted by Crippen LogP contribution is -2.11. The Kier molecular flexibility index (Phi) is 5.82. The van der Waals surface area contributed by atoms with E-state index in [0.29, 0.717) is 25.1 Å². The van der Waals surface area contributed by atoms with E-state index in [-0.39, 0.29) is 0 Å². The van der Waals surface area contributed by atoms with Crippen LogP contribution < -0.4 is 11.2 Å². The van der Waals surface area contributed by atoms with Gasteiger partial charge in [-0.1, -0.05) is 12.1 Å². The molecule has 0 unspecified atom stereocenters. The van der Waals surface area contributed by atoms with Crippen LogP contribution in [0.4, 0.5) is 0 Å². The molecule has 0 aliphatic carbocycles. The standard InChI is InChI=1S/C11H18NO4P/c1-3-15-17(13,16-4-2)11-7-5-10(6-8-11)9-14-12/h5-8H,3-4,9,12H2,1-2H3. The van der Waals surface area contributed by atoms with Crippen LogP contribution in [-0.4, -0.2) is 13.2 Å². The molecule has 1 rings (SSSR count). The number of nitrogens with two attached hydrogens (primary N) is 1. The van der Waals surface area contributed by atoms with Gasteiger partial charge < -0.3 is 9.05 Å². The summed E-state index contributed by atoms with van der Waals surface area (Å²) < 4.78 is 22.8. The summed E-state index contributed by atoms with van der Waals surface area (Å²) >= 11 is 0. The van der Waals surface area contributed by atoms with Crippen LogP contribution in [0.1, 0.15) is 19.4 Å². The molecule has 2 N–H and O–H groups in total. The first-order valence-corrected chi connectivity index (χ1v) is 7.00. The fourth-order valence-electron chi connectivity index (χ4n) is 1.40. The SMILES string of the molecule is CCOP(=O)(OCC)c1ccc(CON)cc1. The number of rotatable bonds is 7. The zero-order valence-electron chi connectivity index (χ0n) is 10.1. The molecule has 0 spiro atoms. The molecule has 17 heavy (non-hydrogen) atoms. The van der Waals surface area contributed by atoms with Crippen molar-refractivity contribution in [2.45, 2.75) is 20.5 Å². The van der Waals surface area contributed by atoms with Crippen molar-refractivity contribution in [1.82, 2.24) is 0 Å². The molecular weight excluding hydrogens is 241 g/mol. The highest BCUT2D eigenvalue weighted by molar-refractivity contribution is 7.62. The van der Waals surface area contributed by atoms with E-state index in [9.17, 15) is 4.57 Å². The highest BCUT2D eigenvalue weighted by Gasteiger charge is 2.26. The van der Waals surface area contributed by atoms with Gasteiger partial charge in [-0.05, 0) is 31.5 Å². The van der Waals surface area contributed by atoms with Gasteiger partial charge in [-0.3, -0.25) is 9.40 Å². The van der Waals surface area contributed by atoms with E-state index in [1.165, 1.54) is 0 Å². The van der Waals surface area contributed by atoms with Crippen molar-refractivity contribution in [1.29, 1.82) is 0 Å². The Morgan fingerprint density at radius 1 is 1.12 bits per heavy atom. The van der Waals surface area contributed by atoms with Crippen molar-refractivity contribution in [3.8, 4) is 0 Å². The minimum Gasteiger partial charge on any atom is -0.305 e. The van der Waals surface area contributed by atoms with Gasteiger partial charge in [-0.15, -0.1) is 0 Å². The maximum atomic E-state index is 12.4. The molecule has 0 saturated carbocycles. The van der Waals surface area contributed by atoms with Crippen molar-refractivity contribution in [3.63, 3.8) is 0 Å². The van der Waals surface area contributed by atoms with E-state index in [1.54, 1.807) is 38.1 Å². The molecule has 0 aliphatic heterocycles. The van der Waals surface area contributed by atoms with Gasteiger partial charge in [0.05, 0.1) is 25.1 Å². The molecule has 0 bridgehead atoms. The summed E-state index contributed by atoms with van der Waals surface area (Å²) in [6, 6.07) is 6.99. The zero-order valence-corrected chi connectivity index (χ0v) is 11.0. The van der Waals surface area contributed by atoms with Crippen LogP contribution in [0.25, 0.3) is 0 Å². The zero-order chi connectivity index (χ0) is 12.7. The topological polar surface area (TPSA) is 70.8 Å². The Labute approximate surface area is 101 Å². The number of benzene rings is 1. The monoisotopic (exact) mass is 259 g/mol. The fourth-order valence-corrected chi connectivity index (χ4v) is 2.96. The molecular formula is C11H18NO4P. The van der Waals surface area contributed by atoms with E-state index in [4.69, 9.17) is 14.9 Å². The van der Waals surface area contributed by atoms with Crippen LogP contribution in [0.3, 0.4) is 0 Å². The van der Waals surface area contributed by atoms with E-state index in [2.05, 4.69) is 4.84 Å². The van der Waals surface area contributed by atoms with E-state index in [0.717, 1.165) is 5.56 Å². The van der Waals surface area contributed by atoms with Gasteiger partial charge in [0.2, 0.25) is 0 Å². The van der Waals surface area contributed by atoms with E-state index < -0.39 is 7.60 Å². The summed E-state index contributed by atoms with van der Waals surface area (Å²) in [4.78, 5) is 4.52. The summed E-state index contributed by atoms with van der Waals surface area (Å²) in [5.41, 5.74) is 0.899. The van der Waals surface area contributed by atoms with Crippen molar-refractivity contribution in [2.75, 3.05) is 13.2 Å². The summed E-state index contributed by atoms with van der Waals surface area (Å²) in [6.45, 7) is 4.55. The summed E-state index contributed by atoms with van der Waals surface area (Å²) in [5.74, 6) is 4.98. The smallest absolute Gasteiger partial charge is 0.305 e. The van der Waals surface area contributed by atoms with Gasteiger partial charge in [0, 0.05) is 0 Å². The molecule has 0 radical (unpaired) electrons. The third-order valence-electron chi connectivity index (χ3n) is 2.10. The highest BCUT2D eigenvalue weighted by Crippen LogP contribution is 2.46. The molecule has 6 heteroatoms. The first kappa shape index (κ1) is 14.4. The van der Waals surface area contributed by atoms with Crippen LogP contribution in [-0.2, 0) is 25.1 Å². The summed E-state index contributed by atoms with van der Waals surface area (Å²) in [5, 5.41) is 0.543. The number of hydrogen-bond donors (Lipinski definition) is 1. The molecule has 0 saturated heterocycles. The van der Waals surface area contributed by atoms with Crippen molar-refractivity contribution in [3.05, 3.63) is 29.8 Å². The maximum Gasteiger partial charge on any atom is 0.361 e. The van der Waals surface area contributed by atoms with Crippen molar-refractivity contribution >= 4 is 12.9 Å². The molecule has 0 atom stereocenters. The second-order valence-electron chi connectivity index (χ2n) is 3.31. The van der Waals surface area contributed by atoms with Gasteiger partial charge in [-0.25, -0.2) is 5.90 Å². The fraction of sp³-hybridized carbons (Fsp3) is 0.455. The van der Waals surface area contributed by atoms with E-state index in [1.807, 2.05) is 0 Å².